The van der Waals surface area contributed by atoms with Gasteiger partial charge in [0.05, 0.1) is 5.56 Å². The molecule has 2 nitrogen and oxygen atoms in total. The number of phenolic OH excluding ortho intramolecular Hbond substituents is 1. The predicted molar refractivity (Wildman–Crippen MR) is 50.7 cm³/mol. The lowest BCUT2D eigenvalue weighted by atomic mass is 10.1. The van der Waals surface area contributed by atoms with Gasteiger partial charge in [-0.15, -0.1) is 0 Å². The number of phenols is 1. The van der Waals surface area contributed by atoms with Crippen LogP contribution < -0.4 is 0 Å². The highest BCUT2D eigenvalue weighted by molar-refractivity contribution is 5.79. The van der Waals surface area contributed by atoms with E-state index >= 15 is 0 Å². The molecular formula is C8H13F5O2. The van der Waals surface area contributed by atoms with Gasteiger partial charge in [0.15, 0.2) is 6.29 Å². The van der Waals surface area contributed by atoms with E-state index in [-0.39, 0.29) is 29.3 Å². The van der Waals surface area contributed by atoms with Crippen molar-refractivity contribution in [3.63, 3.8) is 0 Å². The quantitative estimate of drug-likeness (QED) is 0.600. The van der Waals surface area contributed by atoms with Gasteiger partial charge in [-0.05, 0) is 18.6 Å². The molecule has 0 heterocycles. The van der Waals surface area contributed by atoms with Crippen molar-refractivity contribution in [1.82, 2.24) is 0 Å². The molecule has 0 fully saturated rings. The maximum absolute atomic E-state index is 10.2. The van der Waals surface area contributed by atoms with Crippen LogP contribution in [0.5, 0.6) is 5.75 Å². The fourth-order valence-electron chi connectivity index (χ4n) is 0.777. The molecule has 0 aliphatic heterocycles. The number of hydrogen-bond donors (Lipinski definition) is 1. The summed E-state index contributed by atoms with van der Waals surface area (Å²) in [4.78, 5) is 10.2. The number of aromatic hydroxyl groups is 1. The molecule has 0 unspecified atom stereocenters. The third kappa shape index (κ3) is 6.42. The van der Waals surface area contributed by atoms with Crippen LogP contribution in [0.3, 0.4) is 0 Å². The van der Waals surface area contributed by atoms with Crippen molar-refractivity contribution in [3.8, 4) is 5.75 Å². The highest BCUT2D eigenvalue weighted by Gasteiger charge is 1.99. The first-order chi connectivity index (χ1) is 4.75. The molecule has 0 bridgehead atoms. The van der Waals surface area contributed by atoms with Crippen molar-refractivity contribution < 1.29 is 33.4 Å². The van der Waals surface area contributed by atoms with Crippen molar-refractivity contribution in [2.24, 2.45) is 0 Å². The van der Waals surface area contributed by atoms with Crippen LogP contribution in [-0.4, -0.2) is 11.4 Å². The van der Waals surface area contributed by atoms with E-state index in [1.54, 1.807) is 25.1 Å². The van der Waals surface area contributed by atoms with Crippen molar-refractivity contribution in [1.29, 1.82) is 0 Å². The van der Waals surface area contributed by atoms with E-state index in [9.17, 15) is 4.79 Å². The minimum absolute atomic E-state index is 0. The van der Waals surface area contributed by atoms with Crippen molar-refractivity contribution in [2.75, 3.05) is 0 Å². The maximum atomic E-state index is 10.2. The largest absolute Gasteiger partial charge is 0.507 e. The highest BCUT2D eigenvalue weighted by Crippen LogP contribution is 2.18. The van der Waals surface area contributed by atoms with Gasteiger partial charge in [-0.3, -0.25) is 28.3 Å². The van der Waals surface area contributed by atoms with E-state index in [0.717, 1.165) is 5.56 Å². The number of carbonyl (C=O) groups is 1. The van der Waals surface area contributed by atoms with Crippen LogP contribution in [0.25, 0.3) is 0 Å². The first-order valence-electron chi connectivity index (χ1n) is 2.99. The summed E-state index contributed by atoms with van der Waals surface area (Å²) >= 11 is 0. The number of carbonyl (C=O) groups excluding carboxylic acids is 1. The first-order valence-corrected chi connectivity index (χ1v) is 2.99. The topological polar surface area (TPSA) is 37.3 Å². The Morgan fingerprint density at radius 2 is 1.53 bits per heavy atom. The van der Waals surface area contributed by atoms with E-state index < -0.39 is 0 Å². The van der Waals surface area contributed by atoms with Crippen LogP contribution >= 0.6 is 0 Å². The van der Waals surface area contributed by atoms with Gasteiger partial charge >= 0.3 is 0 Å². The molecule has 7 heteroatoms. The summed E-state index contributed by atoms with van der Waals surface area (Å²) in [5, 5.41) is 9.17. The second kappa shape index (κ2) is 12.3. The second-order valence-corrected chi connectivity index (χ2v) is 2.13. The average molecular weight is 236 g/mol. The Morgan fingerprint density at radius 3 is 1.87 bits per heavy atom. The Balaban J connectivity index is -0.0000000667. The Labute approximate surface area is 82.8 Å². The van der Waals surface area contributed by atoms with Gasteiger partial charge in [0.25, 0.3) is 0 Å². The molecule has 15 heavy (non-hydrogen) atoms. The van der Waals surface area contributed by atoms with Crippen molar-refractivity contribution >= 4 is 6.29 Å². The fraction of sp³-hybridized carbons (Fsp3) is 0.125. The number of benzene rings is 1. The van der Waals surface area contributed by atoms with Gasteiger partial charge in [0.1, 0.15) is 5.75 Å². The number of rotatable bonds is 1. The number of para-hydroxylation sites is 1. The third-order valence-corrected chi connectivity index (χ3v) is 1.40. The molecule has 0 aliphatic rings. The normalized spacial score (nSPS) is 6.20. The van der Waals surface area contributed by atoms with Crippen molar-refractivity contribution in [2.45, 2.75) is 6.92 Å². The molecule has 0 aliphatic carbocycles. The minimum atomic E-state index is 0. The summed E-state index contributed by atoms with van der Waals surface area (Å²) in [6, 6.07) is 5.07. The summed E-state index contributed by atoms with van der Waals surface area (Å²) in [6.45, 7) is 1.75. The van der Waals surface area contributed by atoms with E-state index in [0.29, 0.717) is 11.8 Å². The summed E-state index contributed by atoms with van der Waals surface area (Å²) < 4.78 is 0. The summed E-state index contributed by atoms with van der Waals surface area (Å²) in [5.41, 5.74) is 1.07. The number of halogens is 5. The van der Waals surface area contributed by atoms with E-state index in [1.807, 2.05) is 0 Å². The van der Waals surface area contributed by atoms with Gasteiger partial charge in [-0.2, -0.15) is 0 Å². The Hall–Kier alpha value is -1.66. The molecule has 1 N–H and O–H groups in total. The van der Waals surface area contributed by atoms with Gasteiger partial charge in [-0.1, -0.05) is 12.1 Å². The summed E-state index contributed by atoms with van der Waals surface area (Å²) in [7, 11) is 0. The van der Waals surface area contributed by atoms with Gasteiger partial charge in [0, 0.05) is 0 Å². The molecule has 0 saturated carbocycles. The molecule has 92 valence electrons. The zero-order valence-electron chi connectivity index (χ0n) is 7.71. The highest BCUT2D eigenvalue weighted by atomic mass is 19.0. The smallest absolute Gasteiger partial charge is 0.153 e. The molecule has 0 atom stereocenters. The van der Waals surface area contributed by atoms with Gasteiger partial charge in [0.2, 0.25) is 0 Å². The predicted octanol–water partition coefficient (Wildman–Crippen LogP) is 2.28. The number of aldehydes is 1. The Bertz CT molecular complexity index is 267. The number of aryl methyl sites for hydroxylation is 1. The number of hydrogen-bond acceptors (Lipinski definition) is 2. The molecule has 0 aromatic heterocycles. The fourth-order valence-corrected chi connectivity index (χ4v) is 0.777. The van der Waals surface area contributed by atoms with Crippen LogP contribution in [0, 0.1) is 6.92 Å². The van der Waals surface area contributed by atoms with Gasteiger partial charge < -0.3 is 5.11 Å². The van der Waals surface area contributed by atoms with Crippen molar-refractivity contribution in [3.05, 3.63) is 29.3 Å². The molecule has 0 radical (unpaired) electrons. The summed E-state index contributed by atoms with van der Waals surface area (Å²) in [5.74, 6) is 0.0810. The van der Waals surface area contributed by atoms with E-state index in [4.69, 9.17) is 5.11 Å². The van der Waals surface area contributed by atoms with Gasteiger partial charge in [-0.25, -0.2) is 0 Å². The first kappa shape index (κ1) is 29.2. The van der Waals surface area contributed by atoms with Crippen LogP contribution in [0.4, 0.5) is 23.5 Å². The van der Waals surface area contributed by atoms with Crippen LogP contribution in [0.2, 0.25) is 0 Å². The third-order valence-electron chi connectivity index (χ3n) is 1.40. The van der Waals surface area contributed by atoms with E-state index in [1.165, 1.54) is 0 Å². The summed E-state index contributed by atoms with van der Waals surface area (Å²) in [6.07, 6.45) is 0.641. The van der Waals surface area contributed by atoms with Crippen LogP contribution in [0.1, 0.15) is 15.9 Å². The molecule has 0 saturated heterocycles. The zero-order valence-corrected chi connectivity index (χ0v) is 7.71. The standard InChI is InChI=1S/C8H8O2.5FH/c1-6-3-2-4-7(5-9)8(6)10;;;;;/h2-5,10H,1H3;5*1H. The average Bonchev–Trinajstić information content (AvgIpc) is 1.95. The molecule has 0 spiro atoms. The zero-order chi connectivity index (χ0) is 7.56. The maximum Gasteiger partial charge on any atom is 0.153 e. The molecule has 0 amide bonds. The lowest BCUT2D eigenvalue weighted by molar-refractivity contribution is 0.112. The van der Waals surface area contributed by atoms with Crippen LogP contribution in [0.15, 0.2) is 18.2 Å². The molecular weight excluding hydrogens is 223 g/mol. The molecule has 1 aromatic rings. The SMILES string of the molecule is Cc1cccc(C=O)c1O.F.F.F.F.F. The Kier molecular flexibility index (Phi) is 24.0. The monoisotopic (exact) mass is 236 g/mol. The lowest BCUT2D eigenvalue weighted by Crippen LogP contribution is -1.82. The van der Waals surface area contributed by atoms with Crippen LogP contribution in [-0.2, 0) is 0 Å². The molecule has 1 rings (SSSR count). The minimum Gasteiger partial charge on any atom is -0.507 e. The van der Waals surface area contributed by atoms with E-state index in [2.05, 4.69) is 0 Å². The molecule has 1 aromatic carbocycles. The second-order valence-electron chi connectivity index (χ2n) is 2.13. The Morgan fingerprint density at radius 1 is 1.07 bits per heavy atom. The lowest BCUT2D eigenvalue weighted by Gasteiger charge is -1.98.